The molecular formula is C22H22F3N2W-. The molecule has 2 nitrogen and oxygen atoms in total. The SMILES string of the molecule is C[C@@H]1Cc2c([nH]c3ccccc23)[C@@H](c2c(F)c[c-]cc2F)N1CC(C)(C)F.[W]. The summed E-state index contributed by atoms with van der Waals surface area (Å²) in [6, 6.07) is 11.8. The average molecular weight is 555 g/mol. The zero-order valence-corrected chi connectivity index (χ0v) is 19.0. The predicted molar refractivity (Wildman–Crippen MR) is 100 cm³/mol. The number of nitrogens with zero attached hydrogens (tertiary/aromatic N) is 1. The van der Waals surface area contributed by atoms with Gasteiger partial charge in [0.05, 0.1) is 6.04 Å². The number of fused-ring (bicyclic) bond motifs is 3. The minimum Gasteiger partial charge on any atom is -0.357 e. The number of hydrogen-bond donors (Lipinski definition) is 1. The van der Waals surface area contributed by atoms with Gasteiger partial charge in [-0.05, 0) is 38.8 Å². The number of benzene rings is 2. The normalized spacial score (nSPS) is 20.1. The van der Waals surface area contributed by atoms with Gasteiger partial charge in [-0.15, -0.1) is 12.1 Å². The van der Waals surface area contributed by atoms with Crippen molar-refractivity contribution in [1.29, 1.82) is 0 Å². The number of alkyl halides is 1. The first-order chi connectivity index (χ1) is 12.8. The van der Waals surface area contributed by atoms with Crippen molar-refractivity contribution >= 4 is 10.9 Å². The van der Waals surface area contributed by atoms with E-state index in [1.165, 1.54) is 13.8 Å². The van der Waals surface area contributed by atoms with Crippen LogP contribution in [0.5, 0.6) is 0 Å². The zero-order chi connectivity index (χ0) is 19.3. The van der Waals surface area contributed by atoms with E-state index >= 15 is 0 Å². The molecule has 2 aromatic carbocycles. The first-order valence-electron chi connectivity index (χ1n) is 9.15. The Balaban J connectivity index is 0.00000225. The summed E-state index contributed by atoms with van der Waals surface area (Å²) >= 11 is 0. The maximum Gasteiger partial charge on any atom is 0.118 e. The van der Waals surface area contributed by atoms with Gasteiger partial charge in [0.25, 0.3) is 0 Å². The molecule has 0 fully saturated rings. The van der Waals surface area contributed by atoms with Crippen molar-refractivity contribution in [3.63, 3.8) is 0 Å². The Morgan fingerprint density at radius 3 is 2.46 bits per heavy atom. The molecule has 0 saturated carbocycles. The van der Waals surface area contributed by atoms with Gasteiger partial charge in [-0.2, -0.15) is 6.07 Å². The monoisotopic (exact) mass is 555 g/mol. The number of rotatable bonds is 3. The van der Waals surface area contributed by atoms with E-state index in [-0.39, 0.29) is 39.2 Å². The summed E-state index contributed by atoms with van der Waals surface area (Å²) in [4.78, 5) is 5.21. The molecule has 28 heavy (non-hydrogen) atoms. The fraction of sp³-hybridized carbons (Fsp3) is 0.364. The van der Waals surface area contributed by atoms with Crippen molar-refractivity contribution in [3.8, 4) is 0 Å². The van der Waals surface area contributed by atoms with E-state index in [2.05, 4.69) is 11.1 Å². The van der Waals surface area contributed by atoms with Crippen molar-refractivity contribution in [2.24, 2.45) is 0 Å². The molecule has 1 aliphatic heterocycles. The largest absolute Gasteiger partial charge is 0.357 e. The standard InChI is InChI=1S/C22H22F3N2.W/c1-13-11-15-14-7-4-5-10-18(14)26-20(15)21(27(13)12-22(2,3)25)19-16(23)8-6-9-17(19)24;/h4-5,7-10,13,21,26H,11-12H2,1-3H3;/q-1;/t13-,21-;/m1./s1. The van der Waals surface area contributed by atoms with Crippen molar-refractivity contribution < 1.29 is 34.2 Å². The van der Waals surface area contributed by atoms with Crippen LogP contribution in [-0.4, -0.2) is 28.1 Å². The fourth-order valence-electron chi connectivity index (χ4n) is 4.22. The topological polar surface area (TPSA) is 19.0 Å². The zero-order valence-electron chi connectivity index (χ0n) is 16.0. The summed E-state index contributed by atoms with van der Waals surface area (Å²) in [5, 5.41) is 1.05. The quantitative estimate of drug-likeness (QED) is 0.434. The molecule has 0 amide bonds. The third kappa shape index (κ3) is 3.67. The molecule has 2 heterocycles. The number of aromatic nitrogens is 1. The molecule has 1 aromatic heterocycles. The van der Waals surface area contributed by atoms with E-state index in [9.17, 15) is 13.2 Å². The van der Waals surface area contributed by atoms with Crippen molar-refractivity contribution in [1.82, 2.24) is 9.88 Å². The second kappa shape index (κ2) is 7.68. The molecule has 148 valence electrons. The van der Waals surface area contributed by atoms with Crippen LogP contribution in [0.1, 0.15) is 43.6 Å². The van der Waals surface area contributed by atoms with Gasteiger partial charge in [-0.25, -0.2) is 4.39 Å². The molecule has 0 spiro atoms. The number of nitrogens with one attached hydrogen (secondary N) is 1. The maximum absolute atomic E-state index is 14.7. The van der Waals surface area contributed by atoms with Gasteiger partial charge >= 0.3 is 0 Å². The van der Waals surface area contributed by atoms with Gasteiger partial charge in [0.2, 0.25) is 0 Å². The van der Waals surface area contributed by atoms with Crippen LogP contribution in [0, 0.1) is 17.7 Å². The van der Waals surface area contributed by atoms with E-state index < -0.39 is 23.3 Å². The minimum atomic E-state index is -1.50. The number of para-hydroxylation sites is 1. The molecule has 0 bridgehead atoms. The molecule has 0 radical (unpaired) electrons. The fourth-order valence-corrected chi connectivity index (χ4v) is 4.22. The average Bonchev–Trinajstić information content (AvgIpc) is 2.94. The molecule has 6 heteroatoms. The molecule has 0 aliphatic carbocycles. The van der Waals surface area contributed by atoms with E-state index in [0.29, 0.717) is 6.42 Å². The third-order valence-electron chi connectivity index (χ3n) is 5.28. The van der Waals surface area contributed by atoms with Crippen LogP contribution in [0.15, 0.2) is 36.4 Å². The van der Waals surface area contributed by atoms with Gasteiger partial charge in [0.15, 0.2) is 0 Å². The Bertz CT molecular complexity index is 973. The summed E-state index contributed by atoms with van der Waals surface area (Å²) in [6.45, 7) is 5.03. The molecular weight excluding hydrogens is 533 g/mol. The molecule has 2 atom stereocenters. The van der Waals surface area contributed by atoms with E-state index in [0.717, 1.165) is 34.3 Å². The predicted octanol–water partition coefficient (Wildman–Crippen LogP) is 5.33. The second-order valence-corrected chi connectivity index (χ2v) is 7.97. The Hall–Kier alpha value is -1.58. The molecule has 0 saturated heterocycles. The van der Waals surface area contributed by atoms with Crippen LogP contribution < -0.4 is 0 Å². The summed E-state index contributed by atoms with van der Waals surface area (Å²) in [5.41, 5.74) is 1.15. The first kappa shape index (κ1) is 21.1. The molecule has 4 rings (SSSR count). The van der Waals surface area contributed by atoms with Gasteiger partial charge in [0, 0.05) is 61.9 Å². The van der Waals surface area contributed by atoms with Crippen LogP contribution in [0.25, 0.3) is 10.9 Å². The Morgan fingerprint density at radius 1 is 1.18 bits per heavy atom. The van der Waals surface area contributed by atoms with Crippen molar-refractivity contribution in [2.75, 3.05) is 6.54 Å². The van der Waals surface area contributed by atoms with Crippen LogP contribution in [-0.2, 0) is 27.5 Å². The summed E-state index contributed by atoms with van der Waals surface area (Å²) in [6.07, 6.45) is 0.689. The summed E-state index contributed by atoms with van der Waals surface area (Å²) in [7, 11) is 0. The minimum absolute atomic E-state index is 0. The van der Waals surface area contributed by atoms with E-state index in [1.807, 2.05) is 36.1 Å². The van der Waals surface area contributed by atoms with Gasteiger partial charge < -0.3 is 4.98 Å². The number of aromatic amines is 1. The number of halogens is 3. The summed E-state index contributed by atoms with van der Waals surface area (Å²) in [5.74, 6) is -1.33. The second-order valence-electron chi connectivity index (χ2n) is 7.97. The molecule has 1 aliphatic rings. The van der Waals surface area contributed by atoms with Crippen molar-refractivity contribution in [2.45, 2.75) is 44.9 Å². The smallest absolute Gasteiger partial charge is 0.118 e. The molecule has 0 unspecified atom stereocenters. The van der Waals surface area contributed by atoms with E-state index in [1.54, 1.807) is 0 Å². The van der Waals surface area contributed by atoms with Crippen LogP contribution in [0.4, 0.5) is 13.2 Å². The van der Waals surface area contributed by atoms with E-state index in [4.69, 9.17) is 0 Å². The third-order valence-corrected chi connectivity index (χ3v) is 5.28. The molecule has 1 N–H and O–H groups in total. The van der Waals surface area contributed by atoms with Gasteiger partial charge in [0.1, 0.15) is 5.67 Å². The first-order valence-corrected chi connectivity index (χ1v) is 9.15. The van der Waals surface area contributed by atoms with Gasteiger partial charge in [-0.3, -0.25) is 13.7 Å². The van der Waals surface area contributed by atoms with Crippen LogP contribution >= 0.6 is 0 Å². The Morgan fingerprint density at radius 2 is 1.82 bits per heavy atom. The number of H-pyrrole nitrogens is 1. The summed E-state index contributed by atoms with van der Waals surface area (Å²) < 4.78 is 44.0. The van der Waals surface area contributed by atoms with Crippen molar-refractivity contribution in [3.05, 3.63) is 70.9 Å². The Labute approximate surface area is 177 Å². The van der Waals surface area contributed by atoms with Gasteiger partial charge in [-0.1, -0.05) is 23.8 Å². The van der Waals surface area contributed by atoms with Crippen LogP contribution in [0.2, 0.25) is 0 Å². The number of hydrogen-bond acceptors (Lipinski definition) is 1. The Kier molecular flexibility index (Phi) is 5.80. The maximum atomic E-state index is 14.7. The van der Waals surface area contributed by atoms with Crippen LogP contribution in [0.3, 0.4) is 0 Å². The molecule has 3 aromatic rings.